The van der Waals surface area contributed by atoms with E-state index in [0.717, 1.165) is 24.2 Å². The highest BCUT2D eigenvalue weighted by Crippen LogP contribution is 2.17. The Balaban J connectivity index is 2.60. The van der Waals surface area contributed by atoms with Crippen molar-refractivity contribution in [1.82, 2.24) is 4.90 Å². The lowest BCUT2D eigenvalue weighted by atomic mass is 10.2. The monoisotopic (exact) mass is 265 g/mol. The molecule has 5 heteroatoms. The van der Waals surface area contributed by atoms with Gasteiger partial charge in [-0.15, -0.1) is 0 Å². The molecule has 1 aromatic carbocycles. The van der Waals surface area contributed by atoms with Crippen molar-refractivity contribution in [1.29, 1.82) is 0 Å². The molecule has 0 heterocycles. The fourth-order valence-corrected chi connectivity index (χ4v) is 1.89. The van der Waals surface area contributed by atoms with Crippen molar-refractivity contribution in [2.75, 3.05) is 37.3 Å². The second-order valence-corrected chi connectivity index (χ2v) is 4.62. The second-order valence-electron chi connectivity index (χ2n) is 4.62. The van der Waals surface area contributed by atoms with Crippen molar-refractivity contribution in [2.24, 2.45) is 0 Å². The van der Waals surface area contributed by atoms with Gasteiger partial charge in [-0.3, -0.25) is 9.69 Å². The standard InChI is InChI=1S/C14H23N3O2/c1-3-6-17(7-8-18)10-14(19)16-13-9-12(15)5-4-11(13)2/h4-5,9,18H,3,6-8,10,15H2,1-2H3,(H,16,19). The molecule has 19 heavy (non-hydrogen) atoms. The van der Waals surface area contributed by atoms with Gasteiger partial charge in [0.15, 0.2) is 0 Å². The van der Waals surface area contributed by atoms with Gasteiger partial charge in [0.1, 0.15) is 0 Å². The van der Waals surface area contributed by atoms with Gasteiger partial charge in [-0.2, -0.15) is 0 Å². The summed E-state index contributed by atoms with van der Waals surface area (Å²) in [5.74, 6) is -0.0874. The van der Waals surface area contributed by atoms with Crippen LogP contribution < -0.4 is 11.1 Å². The van der Waals surface area contributed by atoms with Gasteiger partial charge in [0.25, 0.3) is 0 Å². The molecule has 0 saturated carbocycles. The van der Waals surface area contributed by atoms with Gasteiger partial charge < -0.3 is 16.2 Å². The van der Waals surface area contributed by atoms with E-state index < -0.39 is 0 Å². The maximum absolute atomic E-state index is 12.0. The zero-order valence-corrected chi connectivity index (χ0v) is 11.6. The van der Waals surface area contributed by atoms with Crippen molar-refractivity contribution in [2.45, 2.75) is 20.3 Å². The van der Waals surface area contributed by atoms with Gasteiger partial charge in [-0.1, -0.05) is 13.0 Å². The zero-order chi connectivity index (χ0) is 14.3. The Labute approximate surface area is 114 Å². The van der Waals surface area contributed by atoms with Crippen LogP contribution in [0.1, 0.15) is 18.9 Å². The number of hydrogen-bond donors (Lipinski definition) is 3. The number of carbonyl (C=O) groups is 1. The van der Waals surface area contributed by atoms with Gasteiger partial charge in [-0.05, 0) is 37.6 Å². The topological polar surface area (TPSA) is 78.6 Å². The average molecular weight is 265 g/mol. The minimum absolute atomic E-state index is 0.0601. The van der Waals surface area contributed by atoms with Crippen molar-refractivity contribution in [3.63, 3.8) is 0 Å². The quantitative estimate of drug-likeness (QED) is 0.648. The number of carbonyl (C=O) groups excluding carboxylic acids is 1. The first-order chi connectivity index (χ1) is 9.06. The lowest BCUT2D eigenvalue weighted by Crippen LogP contribution is -2.35. The highest BCUT2D eigenvalue weighted by molar-refractivity contribution is 5.93. The Kier molecular flexibility index (Phi) is 6.32. The number of benzene rings is 1. The van der Waals surface area contributed by atoms with Crippen LogP contribution in [0, 0.1) is 6.92 Å². The molecular weight excluding hydrogens is 242 g/mol. The van der Waals surface area contributed by atoms with E-state index in [0.29, 0.717) is 12.2 Å². The molecule has 0 aliphatic rings. The number of aryl methyl sites for hydroxylation is 1. The molecule has 1 aromatic rings. The fraction of sp³-hybridized carbons (Fsp3) is 0.500. The molecule has 106 valence electrons. The molecule has 0 aliphatic heterocycles. The van der Waals surface area contributed by atoms with Crippen molar-refractivity contribution >= 4 is 17.3 Å². The molecule has 0 saturated heterocycles. The molecule has 0 fully saturated rings. The SMILES string of the molecule is CCCN(CCO)CC(=O)Nc1cc(N)ccc1C. The van der Waals surface area contributed by atoms with E-state index in [1.165, 1.54) is 0 Å². The van der Waals surface area contributed by atoms with E-state index in [1.807, 2.05) is 24.8 Å². The van der Waals surface area contributed by atoms with E-state index in [4.69, 9.17) is 10.8 Å². The third-order valence-electron chi connectivity index (χ3n) is 2.86. The normalized spacial score (nSPS) is 10.7. The van der Waals surface area contributed by atoms with E-state index in [1.54, 1.807) is 12.1 Å². The van der Waals surface area contributed by atoms with Crippen LogP contribution in [0.3, 0.4) is 0 Å². The summed E-state index contributed by atoms with van der Waals surface area (Å²) in [6, 6.07) is 5.44. The van der Waals surface area contributed by atoms with Crippen LogP contribution in [0.5, 0.6) is 0 Å². The predicted octanol–water partition coefficient (Wildman–Crippen LogP) is 1.22. The average Bonchev–Trinajstić information content (AvgIpc) is 2.34. The number of aliphatic hydroxyl groups excluding tert-OH is 1. The molecule has 1 amide bonds. The minimum Gasteiger partial charge on any atom is -0.399 e. The molecule has 0 atom stereocenters. The summed E-state index contributed by atoms with van der Waals surface area (Å²) in [4.78, 5) is 13.9. The number of aliphatic hydroxyl groups is 1. The second kappa shape index (κ2) is 7.76. The maximum Gasteiger partial charge on any atom is 0.238 e. The molecule has 0 aliphatic carbocycles. The first kappa shape index (κ1) is 15.5. The molecular formula is C14H23N3O2. The Bertz CT molecular complexity index is 415. The van der Waals surface area contributed by atoms with Crippen molar-refractivity contribution in [3.8, 4) is 0 Å². The fourth-order valence-electron chi connectivity index (χ4n) is 1.89. The third-order valence-corrected chi connectivity index (χ3v) is 2.86. The number of rotatable bonds is 7. The predicted molar refractivity (Wildman–Crippen MR) is 78.0 cm³/mol. The van der Waals surface area contributed by atoms with Crippen molar-refractivity contribution in [3.05, 3.63) is 23.8 Å². The Morgan fingerprint density at radius 2 is 2.16 bits per heavy atom. The van der Waals surface area contributed by atoms with Crippen LogP contribution in [0.15, 0.2) is 18.2 Å². The summed E-state index contributed by atoms with van der Waals surface area (Å²) < 4.78 is 0. The van der Waals surface area contributed by atoms with Crippen LogP contribution in [0.4, 0.5) is 11.4 Å². The summed E-state index contributed by atoms with van der Waals surface area (Å²) >= 11 is 0. The Morgan fingerprint density at radius 3 is 2.79 bits per heavy atom. The molecule has 0 bridgehead atoms. The largest absolute Gasteiger partial charge is 0.399 e. The Hall–Kier alpha value is -1.59. The lowest BCUT2D eigenvalue weighted by molar-refractivity contribution is -0.117. The number of nitrogens with one attached hydrogen (secondary N) is 1. The number of hydrogen-bond acceptors (Lipinski definition) is 4. The maximum atomic E-state index is 12.0. The molecule has 1 rings (SSSR count). The number of nitrogen functional groups attached to an aromatic ring is 1. The number of anilines is 2. The van der Waals surface area contributed by atoms with Gasteiger partial charge in [-0.25, -0.2) is 0 Å². The first-order valence-electron chi connectivity index (χ1n) is 6.56. The van der Waals surface area contributed by atoms with Crippen LogP contribution in [-0.2, 0) is 4.79 Å². The number of amides is 1. The first-order valence-corrected chi connectivity index (χ1v) is 6.56. The summed E-state index contributed by atoms with van der Waals surface area (Å²) in [7, 11) is 0. The summed E-state index contributed by atoms with van der Waals surface area (Å²) in [6.45, 7) is 5.62. The molecule has 0 radical (unpaired) electrons. The molecule has 0 spiro atoms. The van der Waals surface area contributed by atoms with Gasteiger partial charge in [0.2, 0.25) is 5.91 Å². The minimum atomic E-state index is -0.0874. The van der Waals surface area contributed by atoms with E-state index in [-0.39, 0.29) is 19.1 Å². The van der Waals surface area contributed by atoms with Crippen LogP contribution in [-0.4, -0.2) is 42.2 Å². The van der Waals surface area contributed by atoms with E-state index >= 15 is 0 Å². The summed E-state index contributed by atoms with van der Waals surface area (Å²) in [6.07, 6.45) is 0.949. The van der Waals surface area contributed by atoms with Crippen LogP contribution in [0.25, 0.3) is 0 Å². The van der Waals surface area contributed by atoms with Gasteiger partial charge in [0, 0.05) is 17.9 Å². The highest BCUT2D eigenvalue weighted by atomic mass is 16.3. The number of nitrogens with zero attached hydrogens (tertiary/aromatic N) is 1. The van der Waals surface area contributed by atoms with E-state index in [2.05, 4.69) is 5.32 Å². The third kappa shape index (κ3) is 5.28. The summed E-state index contributed by atoms with van der Waals surface area (Å²) in [5, 5.41) is 11.8. The van der Waals surface area contributed by atoms with Crippen LogP contribution >= 0.6 is 0 Å². The highest BCUT2D eigenvalue weighted by Gasteiger charge is 2.10. The Morgan fingerprint density at radius 1 is 1.42 bits per heavy atom. The molecule has 0 unspecified atom stereocenters. The smallest absolute Gasteiger partial charge is 0.238 e. The summed E-state index contributed by atoms with van der Waals surface area (Å²) in [5.41, 5.74) is 8.05. The lowest BCUT2D eigenvalue weighted by Gasteiger charge is -2.20. The molecule has 5 nitrogen and oxygen atoms in total. The number of nitrogens with two attached hydrogens (primary N) is 1. The molecule has 0 aromatic heterocycles. The van der Waals surface area contributed by atoms with Crippen LogP contribution in [0.2, 0.25) is 0 Å². The van der Waals surface area contributed by atoms with E-state index in [9.17, 15) is 4.79 Å². The van der Waals surface area contributed by atoms with Gasteiger partial charge in [0.05, 0.1) is 13.2 Å². The van der Waals surface area contributed by atoms with Gasteiger partial charge >= 0.3 is 0 Å². The van der Waals surface area contributed by atoms with Crippen molar-refractivity contribution < 1.29 is 9.90 Å². The molecule has 4 N–H and O–H groups in total. The zero-order valence-electron chi connectivity index (χ0n) is 11.6.